The van der Waals surface area contributed by atoms with Crippen molar-refractivity contribution in [3.8, 4) is 6.01 Å². The zero-order chi connectivity index (χ0) is 13.2. The largest absolute Gasteiger partial charge is 0.467 e. The zero-order valence-corrected chi connectivity index (χ0v) is 11.4. The topological polar surface area (TPSA) is 77.2 Å². The molecule has 0 radical (unpaired) electrons. The molecule has 0 aromatic carbocycles. The van der Waals surface area contributed by atoms with E-state index >= 15 is 0 Å². The first kappa shape index (κ1) is 13.5. The van der Waals surface area contributed by atoms with Crippen molar-refractivity contribution in [2.75, 3.05) is 24.8 Å². The SMILES string of the molecule is COc1nc(N)nc(N(C)C(C)C(C)(C)C)n1. The van der Waals surface area contributed by atoms with Gasteiger partial charge in [-0.15, -0.1) is 0 Å². The van der Waals surface area contributed by atoms with E-state index in [0.29, 0.717) is 5.95 Å². The Morgan fingerprint density at radius 3 is 2.29 bits per heavy atom. The molecule has 6 nitrogen and oxygen atoms in total. The first-order valence-corrected chi connectivity index (χ1v) is 5.54. The molecule has 2 N–H and O–H groups in total. The molecule has 96 valence electrons. The maximum Gasteiger partial charge on any atom is 0.322 e. The van der Waals surface area contributed by atoms with Crippen molar-refractivity contribution in [2.45, 2.75) is 33.7 Å². The molecule has 0 aliphatic heterocycles. The lowest BCUT2D eigenvalue weighted by Crippen LogP contribution is -2.40. The fraction of sp³-hybridized carbons (Fsp3) is 0.727. The monoisotopic (exact) mass is 239 g/mol. The van der Waals surface area contributed by atoms with Gasteiger partial charge in [-0.05, 0) is 12.3 Å². The molecule has 0 aliphatic rings. The Labute approximate surface area is 102 Å². The van der Waals surface area contributed by atoms with Crippen LogP contribution in [0.3, 0.4) is 0 Å². The summed E-state index contributed by atoms with van der Waals surface area (Å²) >= 11 is 0. The number of anilines is 2. The van der Waals surface area contributed by atoms with E-state index in [4.69, 9.17) is 10.5 Å². The zero-order valence-electron chi connectivity index (χ0n) is 11.4. The smallest absolute Gasteiger partial charge is 0.322 e. The lowest BCUT2D eigenvalue weighted by Gasteiger charge is -2.35. The fourth-order valence-electron chi connectivity index (χ4n) is 1.36. The highest BCUT2D eigenvalue weighted by Gasteiger charge is 2.26. The average Bonchev–Trinajstić information content (AvgIpc) is 2.24. The molecule has 0 aliphatic carbocycles. The quantitative estimate of drug-likeness (QED) is 0.857. The van der Waals surface area contributed by atoms with Gasteiger partial charge in [0.15, 0.2) is 0 Å². The van der Waals surface area contributed by atoms with Crippen LogP contribution < -0.4 is 15.4 Å². The lowest BCUT2D eigenvalue weighted by molar-refractivity contribution is 0.325. The second-order valence-electron chi connectivity index (χ2n) is 5.13. The second-order valence-corrected chi connectivity index (χ2v) is 5.13. The molecule has 1 heterocycles. The Hall–Kier alpha value is -1.59. The molecule has 1 atom stereocenters. The molecule has 0 amide bonds. The number of nitrogens with zero attached hydrogens (tertiary/aromatic N) is 4. The van der Waals surface area contributed by atoms with Gasteiger partial charge in [0.2, 0.25) is 11.9 Å². The molecule has 6 heteroatoms. The molecule has 0 saturated heterocycles. The van der Waals surface area contributed by atoms with Crippen LogP contribution in [-0.2, 0) is 0 Å². The fourth-order valence-corrected chi connectivity index (χ4v) is 1.36. The number of aromatic nitrogens is 3. The van der Waals surface area contributed by atoms with Crippen LogP contribution in [0.2, 0.25) is 0 Å². The van der Waals surface area contributed by atoms with Crippen molar-refractivity contribution in [1.82, 2.24) is 15.0 Å². The van der Waals surface area contributed by atoms with Gasteiger partial charge in [-0.25, -0.2) is 0 Å². The highest BCUT2D eigenvalue weighted by Crippen LogP contribution is 2.26. The Balaban J connectivity index is 3.03. The third-order valence-electron chi connectivity index (χ3n) is 2.95. The van der Waals surface area contributed by atoms with Crippen LogP contribution in [0.25, 0.3) is 0 Å². The van der Waals surface area contributed by atoms with Gasteiger partial charge in [-0.3, -0.25) is 0 Å². The van der Waals surface area contributed by atoms with Crippen molar-refractivity contribution in [2.24, 2.45) is 5.41 Å². The van der Waals surface area contributed by atoms with E-state index < -0.39 is 0 Å². The maximum atomic E-state index is 5.61. The number of hydrogen-bond acceptors (Lipinski definition) is 6. The van der Waals surface area contributed by atoms with Crippen molar-refractivity contribution in [1.29, 1.82) is 0 Å². The maximum absolute atomic E-state index is 5.61. The summed E-state index contributed by atoms with van der Waals surface area (Å²) in [6.07, 6.45) is 0. The number of ether oxygens (including phenoxy) is 1. The van der Waals surface area contributed by atoms with Gasteiger partial charge in [-0.1, -0.05) is 20.8 Å². The molecule has 17 heavy (non-hydrogen) atoms. The van der Waals surface area contributed by atoms with Crippen molar-refractivity contribution >= 4 is 11.9 Å². The first-order valence-electron chi connectivity index (χ1n) is 5.54. The lowest BCUT2D eigenvalue weighted by atomic mass is 9.87. The molecule has 1 unspecified atom stereocenters. The highest BCUT2D eigenvalue weighted by atomic mass is 16.5. The summed E-state index contributed by atoms with van der Waals surface area (Å²) in [6.45, 7) is 8.61. The van der Waals surface area contributed by atoms with Crippen LogP contribution in [0.5, 0.6) is 6.01 Å². The number of nitrogens with two attached hydrogens (primary N) is 1. The molecule has 1 aromatic heterocycles. The molecular formula is C11H21N5O. The third kappa shape index (κ3) is 3.18. The number of nitrogen functional groups attached to an aromatic ring is 1. The van der Waals surface area contributed by atoms with E-state index in [2.05, 4.69) is 42.6 Å². The van der Waals surface area contributed by atoms with E-state index in [1.807, 2.05) is 11.9 Å². The molecule has 0 saturated carbocycles. The van der Waals surface area contributed by atoms with Crippen LogP contribution in [0.15, 0.2) is 0 Å². The van der Waals surface area contributed by atoms with Crippen LogP contribution in [-0.4, -0.2) is 35.2 Å². The normalized spacial score (nSPS) is 13.3. The van der Waals surface area contributed by atoms with Gasteiger partial charge < -0.3 is 15.4 Å². The Morgan fingerprint density at radius 2 is 1.82 bits per heavy atom. The Kier molecular flexibility index (Phi) is 3.75. The Morgan fingerprint density at radius 1 is 1.24 bits per heavy atom. The van der Waals surface area contributed by atoms with Gasteiger partial charge >= 0.3 is 6.01 Å². The molecule has 0 fully saturated rings. The van der Waals surface area contributed by atoms with Crippen molar-refractivity contribution in [3.05, 3.63) is 0 Å². The average molecular weight is 239 g/mol. The van der Waals surface area contributed by atoms with Gasteiger partial charge in [0, 0.05) is 13.1 Å². The van der Waals surface area contributed by atoms with Crippen LogP contribution in [0.1, 0.15) is 27.7 Å². The van der Waals surface area contributed by atoms with Crippen LogP contribution in [0.4, 0.5) is 11.9 Å². The van der Waals surface area contributed by atoms with E-state index in [9.17, 15) is 0 Å². The van der Waals surface area contributed by atoms with E-state index in [0.717, 1.165) is 0 Å². The molecule has 1 aromatic rings. The van der Waals surface area contributed by atoms with Gasteiger partial charge in [0.25, 0.3) is 0 Å². The molecule has 0 spiro atoms. The minimum atomic E-state index is 0.114. The molecule has 1 rings (SSSR count). The van der Waals surface area contributed by atoms with Gasteiger partial charge in [-0.2, -0.15) is 15.0 Å². The third-order valence-corrected chi connectivity index (χ3v) is 2.95. The van der Waals surface area contributed by atoms with Crippen molar-refractivity contribution < 1.29 is 4.74 Å². The van der Waals surface area contributed by atoms with Crippen LogP contribution in [0, 0.1) is 5.41 Å². The minimum Gasteiger partial charge on any atom is -0.467 e. The summed E-state index contributed by atoms with van der Waals surface area (Å²) in [5, 5.41) is 0. The minimum absolute atomic E-state index is 0.114. The summed E-state index contributed by atoms with van der Waals surface area (Å²) < 4.78 is 4.98. The van der Waals surface area contributed by atoms with Gasteiger partial charge in [0.1, 0.15) is 0 Å². The second kappa shape index (κ2) is 4.73. The standard InChI is InChI=1S/C11H21N5O/c1-7(11(2,3)4)16(5)9-13-8(12)14-10(15-9)17-6/h7H,1-6H3,(H2,12,13,14,15). The predicted octanol–water partition coefficient (Wildman–Crippen LogP) is 1.33. The highest BCUT2D eigenvalue weighted by molar-refractivity contribution is 5.36. The summed E-state index contributed by atoms with van der Waals surface area (Å²) in [5.74, 6) is 0.691. The van der Waals surface area contributed by atoms with E-state index in [1.165, 1.54) is 7.11 Å². The number of rotatable bonds is 3. The van der Waals surface area contributed by atoms with Crippen LogP contribution >= 0.6 is 0 Å². The summed E-state index contributed by atoms with van der Waals surface area (Å²) in [4.78, 5) is 14.1. The molecule has 0 bridgehead atoms. The Bertz CT molecular complexity index is 388. The summed E-state index contributed by atoms with van der Waals surface area (Å²) in [7, 11) is 3.44. The van der Waals surface area contributed by atoms with Gasteiger partial charge in [0.05, 0.1) is 7.11 Å². The molecular weight excluding hydrogens is 218 g/mol. The summed E-state index contributed by atoms with van der Waals surface area (Å²) in [5.41, 5.74) is 5.73. The van der Waals surface area contributed by atoms with E-state index in [-0.39, 0.29) is 23.4 Å². The first-order chi connectivity index (χ1) is 7.75. The number of hydrogen-bond donors (Lipinski definition) is 1. The summed E-state index contributed by atoms with van der Waals surface area (Å²) in [6, 6.07) is 0.495. The van der Waals surface area contributed by atoms with Crippen molar-refractivity contribution in [3.63, 3.8) is 0 Å². The predicted molar refractivity (Wildman–Crippen MR) is 68.1 cm³/mol. The number of methoxy groups -OCH3 is 1. The van der Waals surface area contributed by atoms with E-state index in [1.54, 1.807) is 0 Å².